The Morgan fingerprint density at radius 3 is 2.34 bits per heavy atom. The van der Waals surface area contributed by atoms with E-state index >= 15 is 0 Å². The second-order valence-corrected chi connectivity index (χ2v) is 10.2. The highest BCUT2D eigenvalue weighted by atomic mass is 32.2. The van der Waals surface area contributed by atoms with Crippen molar-refractivity contribution in [2.24, 2.45) is 5.92 Å². The molecule has 1 amide bonds. The van der Waals surface area contributed by atoms with Crippen LogP contribution in [-0.2, 0) is 23.8 Å². The van der Waals surface area contributed by atoms with Gasteiger partial charge in [0.05, 0.1) is 23.1 Å². The molecule has 1 aromatic carbocycles. The molecular formula is C24H25F6N3OS. The molecule has 4 nitrogen and oxygen atoms in total. The molecule has 1 fully saturated rings. The highest BCUT2D eigenvalue weighted by molar-refractivity contribution is 7.99. The largest absolute Gasteiger partial charge is 0.416 e. The molecule has 2 aromatic rings. The Morgan fingerprint density at radius 2 is 1.74 bits per heavy atom. The number of hydrogen-bond acceptors (Lipinski definition) is 4. The number of thioether (sulfide) groups is 1. The summed E-state index contributed by atoms with van der Waals surface area (Å²) in [4.78, 5) is 17.5. The van der Waals surface area contributed by atoms with Crippen molar-refractivity contribution in [2.75, 3.05) is 23.9 Å². The van der Waals surface area contributed by atoms with Gasteiger partial charge in [0, 0.05) is 19.0 Å². The second kappa shape index (κ2) is 9.91. The highest BCUT2D eigenvalue weighted by Crippen LogP contribution is 2.38. The number of rotatable bonds is 5. The predicted molar refractivity (Wildman–Crippen MR) is 122 cm³/mol. The van der Waals surface area contributed by atoms with Gasteiger partial charge in [-0.15, -0.1) is 0 Å². The molecule has 2 aliphatic rings. The lowest BCUT2D eigenvalue weighted by atomic mass is 9.99. The van der Waals surface area contributed by atoms with Crippen LogP contribution in [0.2, 0.25) is 0 Å². The molecule has 190 valence electrons. The van der Waals surface area contributed by atoms with Gasteiger partial charge in [0.15, 0.2) is 6.04 Å². The summed E-state index contributed by atoms with van der Waals surface area (Å²) in [7, 11) is 1.17. The Bertz CT molecular complexity index is 1050. The Morgan fingerprint density at radius 1 is 1.06 bits per heavy atom. The van der Waals surface area contributed by atoms with Gasteiger partial charge >= 0.3 is 12.4 Å². The van der Waals surface area contributed by atoms with E-state index in [1.54, 1.807) is 11.8 Å². The van der Waals surface area contributed by atoms with Gasteiger partial charge in [-0.3, -0.25) is 9.78 Å². The fourth-order valence-corrected chi connectivity index (χ4v) is 5.84. The minimum atomic E-state index is -4.70. The molecule has 0 bridgehead atoms. The van der Waals surface area contributed by atoms with E-state index in [9.17, 15) is 31.1 Å². The number of nitrogens with zero attached hydrogens (tertiary/aromatic N) is 2. The van der Waals surface area contributed by atoms with Crippen molar-refractivity contribution in [1.82, 2.24) is 9.88 Å². The lowest BCUT2D eigenvalue weighted by Gasteiger charge is -2.33. The van der Waals surface area contributed by atoms with Crippen LogP contribution in [-0.4, -0.2) is 46.6 Å². The molecule has 4 rings (SSSR count). The van der Waals surface area contributed by atoms with Crippen molar-refractivity contribution in [3.63, 3.8) is 0 Å². The Hall–Kier alpha value is -2.43. The first-order chi connectivity index (χ1) is 16.4. The molecule has 1 N–H and O–H groups in total. The molecule has 1 aliphatic carbocycles. The van der Waals surface area contributed by atoms with Crippen molar-refractivity contribution < 1.29 is 31.1 Å². The average molecular weight is 518 g/mol. The first kappa shape index (κ1) is 25.7. The maximum atomic E-state index is 13.9. The minimum Gasteiger partial charge on any atom is -0.380 e. The number of carbonyl (C=O) groups excluding carboxylic acids is 1. The highest BCUT2D eigenvalue weighted by Gasteiger charge is 2.47. The number of alkyl halides is 6. The van der Waals surface area contributed by atoms with E-state index in [0.29, 0.717) is 36.9 Å². The fraction of sp³-hybridized carbons (Fsp3) is 0.500. The Kier molecular flexibility index (Phi) is 7.26. The van der Waals surface area contributed by atoms with E-state index in [2.05, 4.69) is 10.3 Å². The van der Waals surface area contributed by atoms with Crippen LogP contribution < -0.4 is 5.32 Å². The third-order valence-corrected chi connectivity index (χ3v) is 7.57. The standard InChI is InChI=1S/C24H25F6N3OS/c1-33(22(34)14-6-8-35-9-7-14)21(24(28,29)30)20-5-4-18(13-31-20)32-19-11-15-2-3-17(23(25,26)27)10-16(15)12-19/h2-5,10,13-14,19,21,32H,6-9,11-12H2,1H3. The zero-order valence-electron chi connectivity index (χ0n) is 18.9. The van der Waals surface area contributed by atoms with Gasteiger partial charge in [-0.05, 0) is 72.6 Å². The maximum absolute atomic E-state index is 13.9. The van der Waals surface area contributed by atoms with E-state index in [4.69, 9.17) is 0 Å². The smallest absolute Gasteiger partial charge is 0.380 e. The molecule has 2 unspecified atom stereocenters. The zero-order valence-corrected chi connectivity index (χ0v) is 19.7. The van der Waals surface area contributed by atoms with Crippen LogP contribution in [0, 0.1) is 5.92 Å². The number of amides is 1. The predicted octanol–water partition coefficient (Wildman–Crippen LogP) is 5.88. The van der Waals surface area contributed by atoms with Crippen molar-refractivity contribution in [2.45, 2.75) is 50.1 Å². The van der Waals surface area contributed by atoms with Crippen molar-refractivity contribution >= 4 is 23.4 Å². The maximum Gasteiger partial charge on any atom is 0.416 e. The van der Waals surface area contributed by atoms with Gasteiger partial charge in [0.2, 0.25) is 5.91 Å². The summed E-state index contributed by atoms with van der Waals surface area (Å²) < 4.78 is 80.7. The van der Waals surface area contributed by atoms with Gasteiger partial charge < -0.3 is 10.2 Å². The third kappa shape index (κ3) is 5.87. The lowest BCUT2D eigenvalue weighted by Crippen LogP contribution is -2.43. The fourth-order valence-electron chi connectivity index (χ4n) is 4.73. The van der Waals surface area contributed by atoms with Gasteiger partial charge in [-0.2, -0.15) is 38.1 Å². The number of pyridine rings is 1. The number of nitrogens with one attached hydrogen (secondary N) is 1. The molecule has 0 spiro atoms. The van der Waals surface area contributed by atoms with Crippen molar-refractivity contribution in [3.8, 4) is 0 Å². The van der Waals surface area contributed by atoms with Gasteiger partial charge in [-0.1, -0.05) is 6.07 Å². The number of hydrogen-bond donors (Lipinski definition) is 1. The van der Waals surface area contributed by atoms with E-state index < -0.39 is 35.8 Å². The zero-order chi connectivity index (χ0) is 25.4. The van der Waals surface area contributed by atoms with E-state index in [0.717, 1.165) is 34.1 Å². The summed E-state index contributed by atoms with van der Waals surface area (Å²) in [5.74, 6) is 0.553. The summed E-state index contributed by atoms with van der Waals surface area (Å²) in [6.45, 7) is 0. The molecule has 2 heterocycles. The first-order valence-electron chi connectivity index (χ1n) is 11.3. The molecular weight excluding hydrogens is 492 g/mol. The number of benzene rings is 1. The van der Waals surface area contributed by atoms with E-state index in [1.807, 2.05) is 0 Å². The summed E-state index contributed by atoms with van der Waals surface area (Å²) in [6.07, 6.45) is -5.86. The minimum absolute atomic E-state index is 0.201. The first-order valence-corrected chi connectivity index (χ1v) is 12.4. The van der Waals surface area contributed by atoms with Crippen molar-refractivity contribution in [1.29, 1.82) is 0 Å². The van der Waals surface area contributed by atoms with Crippen LogP contribution in [0.25, 0.3) is 0 Å². The number of halogens is 6. The van der Waals surface area contributed by atoms with Crippen LogP contribution in [0.3, 0.4) is 0 Å². The molecule has 2 atom stereocenters. The van der Waals surface area contributed by atoms with E-state index in [1.165, 1.54) is 31.4 Å². The summed E-state index contributed by atoms with van der Waals surface area (Å²) in [5.41, 5.74) is 0.876. The monoisotopic (exact) mass is 517 g/mol. The molecule has 35 heavy (non-hydrogen) atoms. The van der Waals surface area contributed by atoms with Crippen LogP contribution in [0.1, 0.15) is 41.3 Å². The number of aromatic nitrogens is 1. The number of anilines is 1. The van der Waals surface area contributed by atoms with Gasteiger partial charge in [-0.25, -0.2) is 0 Å². The van der Waals surface area contributed by atoms with Gasteiger partial charge in [0.25, 0.3) is 0 Å². The summed E-state index contributed by atoms with van der Waals surface area (Å²) in [5, 5.41) is 3.15. The molecule has 1 saturated heterocycles. The van der Waals surface area contributed by atoms with Crippen molar-refractivity contribution in [3.05, 3.63) is 58.9 Å². The molecule has 11 heteroatoms. The Labute approximate surface area is 203 Å². The van der Waals surface area contributed by atoms with Crippen LogP contribution >= 0.6 is 11.8 Å². The molecule has 0 radical (unpaired) electrons. The second-order valence-electron chi connectivity index (χ2n) is 8.98. The quantitative estimate of drug-likeness (QED) is 0.503. The van der Waals surface area contributed by atoms with Crippen LogP contribution in [0.5, 0.6) is 0 Å². The molecule has 1 aromatic heterocycles. The third-order valence-electron chi connectivity index (χ3n) is 6.52. The van der Waals surface area contributed by atoms with Crippen LogP contribution in [0.15, 0.2) is 36.5 Å². The van der Waals surface area contributed by atoms with Crippen LogP contribution in [0.4, 0.5) is 32.0 Å². The summed E-state index contributed by atoms with van der Waals surface area (Å²) >= 11 is 1.69. The topological polar surface area (TPSA) is 45.2 Å². The summed E-state index contributed by atoms with van der Waals surface area (Å²) in [6, 6.07) is 4.00. The molecule has 0 saturated carbocycles. The average Bonchev–Trinajstić information content (AvgIpc) is 3.20. The number of carbonyl (C=O) groups is 1. The molecule has 1 aliphatic heterocycles. The van der Waals surface area contributed by atoms with E-state index in [-0.39, 0.29) is 11.7 Å². The SMILES string of the molecule is CN(C(=O)C1CCSCC1)C(c1ccc(NC2Cc3ccc(C(F)(F)F)cc3C2)cn1)C(F)(F)F. The van der Waals surface area contributed by atoms with Gasteiger partial charge in [0.1, 0.15) is 0 Å². The Balaban J connectivity index is 1.45. The number of fused-ring (bicyclic) bond motifs is 1. The lowest BCUT2D eigenvalue weighted by molar-refractivity contribution is -0.191. The normalized spacial score (nSPS) is 19.8.